The molecule has 0 bridgehead atoms. The van der Waals surface area contributed by atoms with E-state index in [-0.39, 0.29) is 18.7 Å². The molecule has 0 saturated heterocycles. The van der Waals surface area contributed by atoms with Gasteiger partial charge in [-0.3, -0.25) is 9.59 Å². The molecule has 7 heteroatoms. The number of tetrazole rings is 1. The van der Waals surface area contributed by atoms with Crippen molar-refractivity contribution in [2.75, 3.05) is 7.11 Å². The van der Waals surface area contributed by atoms with E-state index in [0.717, 1.165) is 0 Å². The van der Waals surface area contributed by atoms with Crippen LogP contribution in [0.4, 0.5) is 0 Å². The maximum Gasteiger partial charge on any atom is 0.316 e. The van der Waals surface area contributed by atoms with Gasteiger partial charge >= 0.3 is 11.8 Å². The molecule has 0 unspecified atom stereocenters. The smallest absolute Gasteiger partial charge is 0.316 e. The minimum absolute atomic E-state index is 0.0214. The normalized spacial score (nSPS) is 10.3. The van der Waals surface area contributed by atoms with E-state index in [4.69, 9.17) is 0 Å². The Hall–Kier alpha value is -2.57. The Labute approximate surface area is 115 Å². The zero-order valence-electron chi connectivity index (χ0n) is 11.3. The number of aromatic nitrogens is 4. The summed E-state index contributed by atoms with van der Waals surface area (Å²) < 4.78 is 6.00. The Morgan fingerprint density at radius 1 is 1.30 bits per heavy atom. The highest BCUT2D eigenvalue weighted by atomic mass is 16.5. The number of benzene rings is 1. The largest absolute Gasteiger partial charge is 0.469 e. The van der Waals surface area contributed by atoms with Gasteiger partial charge in [0.2, 0.25) is 0 Å². The van der Waals surface area contributed by atoms with Gasteiger partial charge < -0.3 is 4.74 Å². The number of rotatable bonds is 5. The molecule has 20 heavy (non-hydrogen) atoms. The van der Waals surface area contributed by atoms with Gasteiger partial charge in [-0.05, 0) is 4.80 Å². The number of Topliss-reactive ketones (excluding diaryl/α,β-unsaturated/α-hetero) is 1. The summed E-state index contributed by atoms with van der Waals surface area (Å²) in [6, 6.07) is 8.90. The number of carbonyl (C=O) groups is 2. The molecule has 7 nitrogen and oxygen atoms in total. The van der Waals surface area contributed by atoms with Gasteiger partial charge in [-0.25, -0.2) is 0 Å². The van der Waals surface area contributed by atoms with Crippen molar-refractivity contribution in [3.63, 3.8) is 0 Å². The molecule has 1 aromatic carbocycles. The van der Waals surface area contributed by atoms with Gasteiger partial charge in [-0.15, -0.1) is 4.68 Å². The third kappa shape index (κ3) is 3.25. The van der Waals surface area contributed by atoms with E-state index in [1.54, 1.807) is 31.3 Å². The van der Waals surface area contributed by atoms with Crippen LogP contribution in [-0.2, 0) is 29.5 Å². The number of hydrogen-bond acceptors (Lipinski definition) is 5. The molecular formula is C13H15N4O3+. The lowest BCUT2D eigenvalue weighted by Crippen LogP contribution is -2.44. The van der Waals surface area contributed by atoms with Crippen molar-refractivity contribution in [3.8, 4) is 0 Å². The van der Waals surface area contributed by atoms with E-state index < -0.39 is 5.97 Å². The fraction of sp³-hybridized carbons (Fsp3) is 0.308. The zero-order chi connectivity index (χ0) is 14.5. The standard InChI is InChI=1S/C13H15N4O3/c1-16-14-12(8-13(19)20-2)17(15-16)9-11(18)10-6-4-3-5-7-10/h3-7H,8-9H2,1-2H3/q+1. The molecule has 0 fully saturated rings. The molecule has 0 N–H and O–H groups in total. The van der Waals surface area contributed by atoms with Gasteiger partial charge in [0, 0.05) is 5.56 Å². The van der Waals surface area contributed by atoms with E-state index >= 15 is 0 Å². The minimum Gasteiger partial charge on any atom is -0.469 e. The third-order valence-corrected chi connectivity index (χ3v) is 2.71. The first-order valence-corrected chi connectivity index (χ1v) is 6.05. The van der Waals surface area contributed by atoms with Crippen LogP contribution in [0.3, 0.4) is 0 Å². The highest BCUT2D eigenvalue weighted by Gasteiger charge is 2.23. The maximum absolute atomic E-state index is 12.1. The molecule has 0 spiro atoms. The van der Waals surface area contributed by atoms with Crippen molar-refractivity contribution in [1.29, 1.82) is 0 Å². The van der Waals surface area contributed by atoms with Crippen molar-refractivity contribution < 1.29 is 19.0 Å². The summed E-state index contributed by atoms with van der Waals surface area (Å²) in [6.45, 7) is 0.0319. The number of ether oxygens (including phenoxy) is 1. The summed E-state index contributed by atoms with van der Waals surface area (Å²) in [7, 11) is 2.93. The highest BCUT2D eigenvalue weighted by Crippen LogP contribution is 2.00. The van der Waals surface area contributed by atoms with E-state index in [2.05, 4.69) is 15.0 Å². The van der Waals surface area contributed by atoms with E-state index in [1.807, 2.05) is 6.07 Å². The Bertz CT molecular complexity index is 622. The Morgan fingerprint density at radius 3 is 2.65 bits per heavy atom. The van der Waals surface area contributed by atoms with Crippen LogP contribution in [0.5, 0.6) is 0 Å². The molecule has 2 rings (SSSR count). The Morgan fingerprint density at radius 2 is 2.00 bits per heavy atom. The second kappa shape index (κ2) is 6.05. The van der Waals surface area contributed by atoms with Crippen LogP contribution >= 0.6 is 0 Å². The molecule has 0 atom stereocenters. The monoisotopic (exact) mass is 275 g/mol. The number of carbonyl (C=O) groups excluding carboxylic acids is 2. The summed E-state index contributed by atoms with van der Waals surface area (Å²) >= 11 is 0. The predicted molar refractivity (Wildman–Crippen MR) is 67.7 cm³/mol. The summed E-state index contributed by atoms with van der Waals surface area (Å²) in [5.74, 6) is -0.128. The lowest BCUT2D eigenvalue weighted by atomic mass is 10.1. The van der Waals surface area contributed by atoms with E-state index in [0.29, 0.717) is 11.4 Å². The van der Waals surface area contributed by atoms with Crippen molar-refractivity contribution in [2.45, 2.75) is 13.0 Å². The maximum atomic E-state index is 12.1. The summed E-state index contributed by atoms with van der Waals surface area (Å²) in [5.41, 5.74) is 0.592. The van der Waals surface area contributed by atoms with Crippen molar-refractivity contribution in [1.82, 2.24) is 15.1 Å². The molecule has 104 valence electrons. The molecule has 0 aliphatic carbocycles. The topological polar surface area (TPSA) is 78.0 Å². The molecule has 0 saturated carbocycles. The summed E-state index contributed by atoms with van der Waals surface area (Å²) in [6.07, 6.45) is -0.0214. The quantitative estimate of drug-likeness (QED) is 0.425. The second-order valence-electron chi connectivity index (χ2n) is 4.19. The fourth-order valence-corrected chi connectivity index (χ4v) is 1.75. The number of esters is 1. The van der Waals surface area contributed by atoms with Crippen LogP contribution in [0.2, 0.25) is 0 Å². The molecular weight excluding hydrogens is 260 g/mol. The van der Waals surface area contributed by atoms with Crippen molar-refractivity contribution in [3.05, 3.63) is 41.7 Å². The van der Waals surface area contributed by atoms with Gasteiger partial charge in [0.15, 0.2) is 12.3 Å². The SMILES string of the molecule is COC(=O)Cc1nn(C)n[n+]1CC(=O)c1ccccc1. The van der Waals surface area contributed by atoms with Crippen LogP contribution < -0.4 is 4.68 Å². The highest BCUT2D eigenvalue weighted by molar-refractivity contribution is 5.94. The first kappa shape index (κ1) is 13.9. The molecule has 2 aromatic rings. The average Bonchev–Trinajstić information content (AvgIpc) is 2.79. The van der Waals surface area contributed by atoms with Gasteiger partial charge in [-0.2, -0.15) is 0 Å². The number of nitrogens with zero attached hydrogens (tertiary/aromatic N) is 4. The van der Waals surface area contributed by atoms with E-state index in [9.17, 15) is 9.59 Å². The van der Waals surface area contributed by atoms with Gasteiger partial charge in [-0.1, -0.05) is 30.3 Å². The average molecular weight is 275 g/mol. The first-order chi connectivity index (χ1) is 9.60. The first-order valence-electron chi connectivity index (χ1n) is 6.05. The lowest BCUT2D eigenvalue weighted by molar-refractivity contribution is -0.749. The summed E-state index contributed by atoms with van der Waals surface area (Å²) in [5, 5.41) is 8.12. The third-order valence-electron chi connectivity index (χ3n) is 2.71. The second-order valence-corrected chi connectivity index (χ2v) is 4.19. The molecule has 0 aliphatic rings. The van der Waals surface area contributed by atoms with Crippen LogP contribution in [0.1, 0.15) is 16.2 Å². The Balaban J connectivity index is 2.17. The number of hydrogen-bond donors (Lipinski definition) is 0. The fourth-order valence-electron chi connectivity index (χ4n) is 1.75. The zero-order valence-corrected chi connectivity index (χ0v) is 11.3. The van der Waals surface area contributed by atoms with Crippen molar-refractivity contribution >= 4 is 11.8 Å². The summed E-state index contributed by atoms with van der Waals surface area (Å²) in [4.78, 5) is 24.7. The van der Waals surface area contributed by atoms with Crippen molar-refractivity contribution in [2.24, 2.45) is 7.05 Å². The lowest BCUT2D eigenvalue weighted by Gasteiger charge is -1.99. The molecule has 0 amide bonds. The van der Waals surface area contributed by atoms with Gasteiger partial charge in [0.1, 0.15) is 13.5 Å². The van der Waals surface area contributed by atoms with Crippen LogP contribution in [-0.4, -0.2) is 34.0 Å². The number of methoxy groups -OCH3 is 1. The number of ketones is 1. The van der Waals surface area contributed by atoms with Crippen LogP contribution in [0.25, 0.3) is 0 Å². The molecule has 0 aliphatic heterocycles. The van der Waals surface area contributed by atoms with Gasteiger partial charge in [0.25, 0.3) is 0 Å². The molecule has 1 heterocycles. The van der Waals surface area contributed by atoms with Gasteiger partial charge in [0.05, 0.1) is 17.4 Å². The number of aryl methyl sites for hydroxylation is 1. The molecule has 1 aromatic heterocycles. The predicted octanol–water partition coefficient (Wildman–Crippen LogP) is -0.299. The minimum atomic E-state index is -0.425. The van der Waals surface area contributed by atoms with E-state index in [1.165, 1.54) is 16.6 Å². The Kier molecular flexibility index (Phi) is 4.19. The molecule has 0 radical (unpaired) electrons. The van der Waals surface area contributed by atoms with Crippen LogP contribution in [0, 0.1) is 0 Å². The van der Waals surface area contributed by atoms with Crippen LogP contribution in [0.15, 0.2) is 30.3 Å².